The second kappa shape index (κ2) is 6.68. The number of likely N-dealkylation sites (N-methyl/N-ethyl adjacent to an activating group) is 1. The molecule has 106 valence electrons. The number of hydrogen-bond acceptors (Lipinski definition) is 3. The van der Waals surface area contributed by atoms with Gasteiger partial charge in [-0.05, 0) is 38.9 Å². The van der Waals surface area contributed by atoms with Gasteiger partial charge in [0.2, 0.25) is 5.91 Å². The first-order chi connectivity index (χ1) is 8.92. The number of para-hydroxylation sites is 1. The molecule has 0 bridgehead atoms. The normalized spacial score (nSPS) is 14.2. The molecule has 0 spiro atoms. The van der Waals surface area contributed by atoms with E-state index in [1.807, 2.05) is 43.1 Å². The van der Waals surface area contributed by atoms with Crippen LogP contribution in [0.4, 0.5) is 5.69 Å². The number of nitrogens with one attached hydrogen (secondary N) is 1. The van der Waals surface area contributed by atoms with E-state index >= 15 is 0 Å². The molecule has 0 aliphatic rings. The molecule has 19 heavy (non-hydrogen) atoms. The number of hydrogen-bond donors (Lipinski definition) is 2. The number of anilines is 1. The summed E-state index contributed by atoms with van der Waals surface area (Å²) in [5.74, 6) is -0.00933. The number of carbonyl (C=O) groups excluding carboxylic acids is 1. The molecule has 1 atom stereocenters. The number of aryl methyl sites for hydroxylation is 1. The predicted molar refractivity (Wildman–Crippen MR) is 80.2 cm³/mol. The minimum absolute atomic E-state index is 0.00933. The minimum Gasteiger partial charge on any atom is -0.329 e. The van der Waals surface area contributed by atoms with Gasteiger partial charge in [-0.3, -0.25) is 9.69 Å². The van der Waals surface area contributed by atoms with Crippen molar-refractivity contribution in [2.75, 3.05) is 25.5 Å². The van der Waals surface area contributed by atoms with Gasteiger partial charge in [0.05, 0.1) is 6.54 Å². The van der Waals surface area contributed by atoms with Crippen LogP contribution in [0.2, 0.25) is 0 Å². The average molecular weight is 263 g/mol. The van der Waals surface area contributed by atoms with Crippen molar-refractivity contribution < 1.29 is 4.79 Å². The zero-order chi connectivity index (χ0) is 14.5. The van der Waals surface area contributed by atoms with E-state index in [4.69, 9.17) is 5.73 Å². The molecule has 1 rings (SSSR count). The van der Waals surface area contributed by atoms with Crippen LogP contribution in [0.3, 0.4) is 0 Å². The lowest BCUT2D eigenvalue weighted by molar-refractivity contribution is -0.118. The highest BCUT2D eigenvalue weighted by molar-refractivity contribution is 5.92. The molecule has 1 amide bonds. The standard InChI is InChI=1S/C15H25N3O/c1-5-15(3,11-16)18(4)10-14(19)17-13-9-7-6-8-12(13)2/h6-9H,5,10-11,16H2,1-4H3,(H,17,19). The van der Waals surface area contributed by atoms with Crippen molar-refractivity contribution in [2.24, 2.45) is 5.73 Å². The topological polar surface area (TPSA) is 58.4 Å². The van der Waals surface area contributed by atoms with Crippen molar-refractivity contribution in [3.63, 3.8) is 0 Å². The first kappa shape index (κ1) is 15.7. The van der Waals surface area contributed by atoms with E-state index in [9.17, 15) is 4.79 Å². The molecule has 0 heterocycles. The van der Waals surface area contributed by atoms with Crippen molar-refractivity contribution in [1.29, 1.82) is 0 Å². The minimum atomic E-state index is -0.136. The van der Waals surface area contributed by atoms with Crippen LogP contribution in [-0.4, -0.2) is 36.5 Å². The van der Waals surface area contributed by atoms with Gasteiger partial charge in [-0.25, -0.2) is 0 Å². The molecule has 0 aromatic heterocycles. The summed E-state index contributed by atoms with van der Waals surface area (Å²) in [5.41, 5.74) is 7.59. The third-order valence-corrected chi connectivity index (χ3v) is 3.92. The molecule has 1 aromatic carbocycles. The highest BCUT2D eigenvalue weighted by atomic mass is 16.2. The molecule has 0 saturated heterocycles. The van der Waals surface area contributed by atoms with Crippen LogP contribution in [0.15, 0.2) is 24.3 Å². The Hall–Kier alpha value is -1.39. The van der Waals surface area contributed by atoms with Gasteiger partial charge in [0, 0.05) is 17.8 Å². The Balaban J connectivity index is 2.64. The van der Waals surface area contributed by atoms with Crippen LogP contribution < -0.4 is 11.1 Å². The summed E-state index contributed by atoms with van der Waals surface area (Å²) in [6.45, 7) is 7.03. The third kappa shape index (κ3) is 4.04. The Bertz CT molecular complexity index is 427. The van der Waals surface area contributed by atoms with E-state index in [0.29, 0.717) is 13.1 Å². The van der Waals surface area contributed by atoms with Crippen LogP contribution >= 0.6 is 0 Å². The van der Waals surface area contributed by atoms with Crippen molar-refractivity contribution in [1.82, 2.24) is 4.90 Å². The smallest absolute Gasteiger partial charge is 0.238 e. The summed E-state index contributed by atoms with van der Waals surface area (Å²) < 4.78 is 0. The SMILES string of the molecule is CCC(C)(CN)N(C)CC(=O)Nc1ccccc1C. The van der Waals surface area contributed by atoms with Crippen molar-refractivity contribution in [2.45, 2.75) is 32.7 Å². The average Bonchev–Trinajstić information content (AvgIpc) is 2.40. The van der Waals surface area contributed by atoms with Gasteiger partial charge in [-0.2, -0.15) is 0 Å². The maximum absolute atomic E-state index is 12.1. The number of nitrogens with two attached hydrogens (primary N) is 1. The third-order valence-electron chi connectivity index (χ3n) is 3.92. The fourth-order valence-corrected chi connectivity index (χ4v) is 1.88. The van der Waals surface area contributed by atoms with Crippen LogP contribution in [0.25, 0.3) is 0 Å². The Morgan fingerprint density at radius 2 is 2.05 bits per heavy atom. The van der Waals surface area contributed by atoms with Gasteiger partial charge < -0.3 is 11.1 Å². The summed E-state index contributed by atoms with van der Waals surface area (Å²) in [4.78, 5) is 14.1. The molecule has 0 radical (unpaired) electrons. The van der Waals surface area contributed by atoms with E-state index in [1.54, 1.807) is 0 Å². The number of benzene rings is 1. The molecule has 4 nitrogen and oxygen atoms in total. The Kier molecular flexibility index (Phi) is 5.51. The largest absolute Gasteiger partial charge is 0.329 e. The fourth-order valence-electron chi connectivity index (χ4n) is 1.88. The molecule has 3 N–H and O–H groups in total. The quantitative estimate of drug-likeness (QED) is 0.825. The first-order valence-corrected chi connectivity index (χ1v) is 6.69. The highest BCUT2D eigenvalue weighted by Crippen LogP contribution is 2.17. The molecule has 0 aliphatic heterocycles. The molecular formula is C15H25N3O. The Morgan fingerprint density at radius 1 is 1.42 bits per heavy atom. The van der Waals surface area contributed by atoms with Crippen molar-refractivity contribution >= 4 is 11.6 Å². The second-order valence-corrected chi connectivity index (χ2v) is 5.27. The summed E-state index contributed by atoms with van der Waals surface area (Å²) in [6, 6.07) is 7.77. The van der Waals surface area contributed by atoms with E-state index in [2.05, 4.69) is 19.2 Å². The Morgan fingerprint density at radius 3 is 2.58 bits per heavy atom. The van der Waals surface area contributed by atoms with Gasteiger partial charge in [-0.1, -0.05) is 25.1 Å². The maximum atomic E-state index is 12.1. The maximum Gasteiger partial charge on any atom is 0.238 e. The van der Waals surface area contributed by atoms with Gasteiger partial charge in [0.1, 0.15) is 0 Å². The fraction of sp³-hybridized carbons (Fsp3) is 0.533. The zero-order valence-corrected chi connectivity index (χ0v) is 12.4. The lowest BCUT2D eigenvalue weighted by Crippen LogP contribution is -2.51. The second-order valence-electron chi connectivity index (χ2n) is 5.27. The lowest BCUT2D eigenvalue weighted by Gasteiger charge is -2.36. The number of nitrogens with zero attached hydrogens (tertiary/aromatic N) is 1. The number of carbonyl (C=O) groups is 1. The highest BCUT2D eigenvalue weighted by Gasteiger charge is 2.26. The molecule has 1 aromatic rings. The summed E-state index contributed by atoms with van der Waals surface area (Å²) >= 11 is 0. The van der Waals surface area contributed by atoms with Gasteiger partial charge in [-0.15, -0.1) is 0 Å². The van der Waals surface area contributed by atoms with Gasteiger partial charge in [0.25, 0.3) is 0 Å². The van der Waals surface area contributed by atoms with Crippen LogP contribution in [0.1, 0.15) is 25.8 Å². The summed E-state index contributed by atoms with van der Waals surface area (Å²) in [6.07, 6.45) is 0.914. The van der Waals surface area contributed by atoms with Gasteiger partial charge in [0.15, 0.2) is 0 Å². The zero-order valence-electron chi connectivity index (χ0n) is 12.4. The first-order valence-electron chi connectivity index (χ1n) is 6.69. The monoisotopic (exact) mass is 263 g/mol. The van der Waals surface area contributed by atoms with Crippen molar-refractivity contribution in [3.05, 3.63) is 29.8 Å². The van der Waals surface area contributed by atoms with E-state index in [-0.39, 0.29) is 11.4 Å². The lowest BCUT2D eigenvalue weighted by atomic mass is 9.97. The van der Waals surface area contributed by atoms with E-state index in [1.165, 1.54) is 0 Å². The Labute approximate surface area is 116 Å². The molecule has 1 unspecified atom stereocenters. The van der Waals surface area contributed by atoms with E-state index in [0.717, 1.165) is 17.7 Å². The van der Waals surface area contributed by atoms with Crippen molar-refractivity contribution in [3.8, 4) is 0 Å². The molecule has 0 fully saturated rings. The predicted octanol–water partition coefficient (Wildman–Crippen LogP) is 1.99. The summed E-state index contributed by atoms with van der Waals surface area (Å²) in [7, 11) is 1.94. The van der Waals surface area contributed by atoms with Crippen LogP contribution in [-0.2, 0) is 4.79 Å². The van der Waals surface area contributed by atoms with Crippen LogP contribution in [0.5, 0.6) is 0 Å². The molecule has 4 heteroatoms. The molecular weight excluding hydrogens is 238 g/mol. The molecule has 0 saturated carbocycles. The summed E-state index contributed by atoms with van der Waals surface area (Å²) in [5, 5.41) is 2.94. The van der Waals surface area contributed by atoms with Gasteiger partial charge >= 0.3 is 0 Å². The van der Waals surface area contributed by atoms with Crippen LogP contribution in [0, 0.1) is 6.92 Å². The number of rotatable bonds is 6. The molecule has 0 aliphatic carbocycles. The number of amides is 1. The van der Waals surface area contributed by atoms with E-state index < -0.39 is 0 Å².